The molecule has 0 radical (unpaired) electrons. The van der Waals surface area contributed by atoms with Gasteiger partial charge in [-0.05, 0) is 12.1 Å². The van der Waals surface area contributed by atoms with Gasteiger partial charge in [0.15, 0.2) is 0 Å². The Morgan fingerprint density at radius 1 is 1.00 bits per heavy atom. The molecule has 0 aliphatic heterocycles. The van der Waals surface area contributed by atoms with Crippen LogP contribution < -0.4 is 0 Å². The first kappa shape index (κ1) is 13.8. The molecule has 1 aromatic rings. The van der Waals surface area contributed by atoms with E-state index in [2.05, 4.69) is 0 Å². The van der Waals surface area contributed by atoms with Crippen LogP contribution in [-0.4, -0.2) is 12.2 Å². The molecule has 0 spiro atoms. The molecule has 1 rings (SSSR count). The van der Waals surface area contributed by atoms with E-state index in [1.807, 2.05) is 30.3 Å². The third-order valence-electron chi connectivity index (χ3n) is 0.733. The van der Waals surface area contributed by atoms with Crippen LogP contribution in [0.4, 0.5) is 0 Å². The fraction of sp³-hybridized carbons (Fsp3) is 0. The molecular weight excluding hydrogens is 192 g/mol. The van der Waals surface area contributed by atoms with Gasteiger partial charge in [-0.2, -0.15) is 0 Å². The highest BCUT2D eigenvalue weighted by molar-refractivity contribution is 6.30. The highest BCUT2D eigenvalue weighted by Crippen LogP contribution is 2.03. The number of halogens is 1. The molecule has 0 aliphatic carbocycles. The Morgan fingerprint density at radius 3 is 1.46 bits per heavy atom. The molecule has 0 heterocycles. The van der Waals surface area contributed by atoms with Crippen LogP contribution in [0.1, 0.15) is 0 Å². The van der Waals surface area contributed by atoms with E-state index in [1.165, 1.54) is 0 Å². The van der Waals surface area contributed by atoms with Gasteiger partial charge in [0.2, 0.25) is 12.2 Å². The normalized spacial score (nSPS) is 5.92. The maximum Gasteiger partial charge on any atom is 0.231 e. The predicted octanol–water partition coefficient (Wildman–Crippen LogP) is 2.14. The lowest BCUT2D eigenvalue weighted by molar-refractivity contribution is 0.562. The summed E-state index contributed by atoms with van der Waals surface area (Å²) < 4.78 is 0. The van der Waals surface area contributed by atoms with Gasteiger partial charge in [0.1, 0.15) is 0 Å². The van der Waals surface area contributed by atoms with E-state index in [0.29, 0.717) is 0 Å². The van der Waals surface area contributed by atoms with Gasteiger partial charge in [-0.25, -0.2) is 20.4 Å². The summed E-state index contributed by atoms with van der Waals surface area (Å²) in [6, 6.07) is 9.44. The molecule has 2 N–H and O–H groups in total. The fourth-order valence-electron chi connectivity index (χ4n) is 0.415. The number of nitrogens with one attached hydrogen (secondary N) is 2. The summed E-state index contributed by atoms with van der Waals surface area (Å²) in [5.74, 6) is 0. The second kappa shape index (κ2) is 12.9. The molecule has 0 atom stereocenters. The van der Waals surface area contributed by atoms with E-state index in [-0.39, 0.29) is 0 Å². The van der Waals surface area contributed by atoms with Crippen molar-refractivity contribution in [3.63, 3.8) is 0 Å². The Kier molecular flexibility index (Phi) is 13.7. The van der Waals surface area contributed by atoms with Gasteiger partial charge in [0, 0.05) is 5.02 Å². The molecule has 0 fully saturated rings. The molecule has 5 heteroatoms. The summed E-state index contributed by atoms with van der Waals surface area (Å²) in [5.41, 5.74) is 0. The first-order valence-electron chi connectivity index (χ1n) is 3.01. The average molecular weight is 199 g/mol. The van der Waals surface area contributed by atoms with Crippen LogP contribution in [0.25, 0.3) is 0 Å². The van der Waals surface area contributed by atoms with E-state index >= 15 is 0 Å². The lowest BCUT2D eigenvalue weighted by Crippen LogP contribution is -1.55. The Hall–Kier alpha value is -1.73. The zero-order valence-corrected chi connectivity index (χ0v) is 7.34. The van der Waals surface area contributed by atoms with Crippen molar-refractivity contribution in [2.45, 2.75) is 0 Å². The standard InChI is InChI=1S/C6H5Cl.2CHNO/c7-6-4-2-1-3-5-6;2*2-1-3/h1-5H;2*2H. The zero-order chi connectivity index (χ0) is 10.5. The third-order valence-corrected chi connectivity index (χ3v) is 0.985. The minimum absolute atomic E-state index is 0.750. The lowest BCUT2D eigenvalue weighted by Gasteiger charge is -1.80. The van der Waals surface area contributed by atoms with E-state index < -0.39 is 0 Å². The van der Waals surface area contributed by atoms with Crippen LogP contribution in [0.2, 0.25) is 5.02 Å². The Morgan fingerprint density at radius 2 is 1.31 bits per heavy atom. The minimum atomic E-state index is 0.750. The molecule has 0 aromatic heterocycles. The van der Waals surface area contributed by atoms with Gasteiger partial charge in [-0.3, -0.25) is 0 Å². The molecule has 13 heavy (non-hydrogen) atoms. The number of benzene rings is 1. The quantitative estimate of drug-likeness (QED) is 0.495. The number of isocyanates is 2. The molecular formula is C8H7ClN2O2. The van der Waals surface area contributed by atoms with E-state index in [9.17, 15) is 0 Å². The zero-order valence-electron chi connectivity index (χ0n) is 6.58. The maximum absolute atomic E-state index is 8.35. The summed E-state index contributed by atoms with van der Waals surface area (Å²) in [7, 11) is 0. The second-order valence-electron chi connectivity index (χ2n) is 1.50. The highest BCUT2D eigenvalue weighted by atomic mass is 35.5. The van der Waals surface area contributed by atoms with E-state index in [0.717, 1.165) is 17.2 Å². The molecule has 0 amide bonds. The monoisotopic (exact) mass is 198 g/mol. The maximum atomic E-state index is 8.35. The lowest BCUT2D eigenvalue weighted by atomic mass is 10.4. The summed E-state index contributed by atoms with van der Waals surface area (Å²) in [4.78, 5) is 16.7. The van der Waals surface area contributed by atoms with Crippen LogP contribution in [-0.2, 0) is 9.59 Å². The first-order chi connectivity index (χ1) is 6.22. The van der Waals surface area contributed by atoms with Crippen molar-refractivity contribution in [2.24, 2.45) is 0 Å². The summed E-state index contributed by atoms with van der Waals surface area (Å²) in [6.45, 7) is 0. The van der Waals surface area contributed by atoms with Crippen molar-refractivity contribution < 1.29 is 9.59 Å². The van der Waals surface area contributed by atoms with Crippen molar-refractivity contribution in [1.29, 1.82) is 10.8 Å². The smallest absolute Gasteiger partial charge is 0.222 e. The Balaban J connectivity index is 0. The SMILES string of the molecule is Clc1ccccc1.N=C=O.N=C=O. The number of hydrogen-bond donors (Lipinski definition) is 2. The van der Waals surface area contributed by atoms with Crippen molar-refractivity contribution >= 4 is 23.8 Å². The highest BCUT2D eigenvalue weighted by Gasteiger charge is 1.74. The van der Waals surface area contributed by atoms with Crippen LogP contribution >= 0.6 is 11.6 Å². The van der Waals surface area contributed by atoms with Gasteiger partial charge in [0.05, 0.1) is 0 Å². The molecule has 0 unspecified atom stereocenters. The summed E-state index contributed by atoms with van der Waals surface area (Å²) >= 11 is 5.54. The Labute approximate surface area is 80.2 Å². The average Bonchev–Trinajstić information content (AvgIpc) is 2.08. The predicted molar refractivity (Wildman–Crippen MR) is 48.3 cm³/mol. The van der Waals surface area contributed by atoms with Crippen LogP contribution in [0.3, 0.4) is 0 Å². The number of hydrogen-bond acceptors (Lipinski definition) is 4. The molecule has 0 bridgehead atoms. The molecule has 1 aromatic carbocycles. The van der Waals surface area contributed by atoms with Gasteiger partial charge >= 0.3 is 0 Å². The number of rotatable bonds is 0. The van der Waals surface area contributed by atoms with E-state index in [4.69, 9.17) is 32.0 Å². The topological polar surface area (TPSA) is 81.8 Å². The van der Waals surface area contributed by atoms with Crippen molar-refractivity contribution in [3.05, 3.63) is 35.4 Å². The summed E-state index contributed by atoms with van der Waals surface area (Å²) in [5, 5.41) is 11.6. The number of carbonyl (C=O) groups excluding carboxylic acids is 2. The van der Waals surface area contributed by atoms with Crippen molar-refractivity contribution in [2.75, 3.05) is 0 Å². The van der Waals surface area contributed by atoms with Crippen molar-refractivity contribution in [1.82, 2.24) is 0 Å². The summed E-state index contributed by atoms with van der Waals surface area (Å²) in [6.07, 6.45) is 1.50. The van der Waals surface area contributed by atoms with Gasteiger partial charge in [0.25, 0.3) is 0 Å². The fourth-order valence-corrected chi connectivity index (χ4v) is 0.560. The molecule has 0 aliphatic rings. The van der Waals surface area contributed by atoms with Crippen LogP contribution in [0.5, 0.6) is 0 Å². The van der Waals surface area contributed by atoms with Crippen LogP contribution in [0.15, 0.2) is 30.3 Å². The minimum Gasteiger partial charge on any atom is -0.222 e. The first-order valence-corrected chi connectivity index (χ1v) is 3.39. The molecule has 0 saturated heterocycles. The largest absolute Gasteiger partial charge is 0.231 e. The third kappa shape index (κ3) is 17.9. The molecule has 0 saturated carbocycles. The van der Waals surface area contributed by atoms with Crippen LogP contribution in [0, 0.1) is 10.8 Å². The van der Waals surface area contributed by atoms with Crippen molar-refractivity contribution in [3.8, 4) is 0 Å². The van der Waals surface area contributed by atoms with Gasteiger partial charge in [-0.15, -0.1) is 0 Å². The second-order valence-corrected chi connectivity index (χ2v) is 1.94. The van der Waals surface area contributed by atoms with Gasteiger partial charge < -0.3 is 0 Å². The Bertz CT molecular complexity index is 263. The van der Waals surface area contributed by atoms with Gasteiger partial charge in [-0.1, -0.05) is 29.8 Å². The molecule has 4 nitrogen and oxygen atoms in total. The molecule has 68 valence electrons. The van der Waals surface area contributed by atoms with E-state index in [1.54, 1.807) is 0 Å².